The van der Waals surface area contributed by atoms with Crippen LogP contribution in [0.1, 0.15) is 58.1 Å². The van der Waals surface area contributed by atoms with Gasteiger partial charge in [-0.1, -0.05) is 45.4 Å². The van der Waals surface area contributed by atoms with Crippen LogP contribution in [-0.4, -0.2) is 64.3 Å². The van der Waals surface area contributed by atoms with E-state index < -0.39 is 54.3 Å². The third kappa shape index (κ3) is 7.99. The Morgan fingerprint density at radius 2 is 1.70 bits per heavy atom. The average molecular weight is 601 g/mol. The third-order valence-electron chi connectivity index (χ3n) is 8.16. The Kier molecular flexibility index (Phi) is 10.2. The largest absolute Gasteiger partial charge is 0.481 e. The van der Waals surface area contributed by atoms with Crippen LogP contribution in [0.4, 0.5) is 24.1 Å². The molecule has 2 aromatic rings. The third-order valence-corrected chi connectivity index (χ3v) is 8.16. The van der Waals surface area contributed by atoms with E-state index in [-0.39, 0.29) is 36.7 Å². The summed E-state index contributed by atoms with van der Waals surface area (Å²) in [6.07, 6.45) is -0.548. The van der Waals surface area contributed by atoms with Crippen molar-refractivity contribution in [2.45, 2.75) is 64.8 Å². The first-order valence-electron chi connectivity index (χ1n) is 14.5. The summed E-state index contributed by atoms with van der Waals surface area (Å²) in [7, 11) is 0. The fourth-order valence-electron chi connectivity index (χ4n) is 5.89. The molecule has 1 saturated carbocycles. The number of amides is 4. The normalized spacial score (nSPS) is 22.7. The van der Waals surface area contributed by atoms with Gasteiger partial charge in [-0.2, -0.15) is 0 Å². The monoisotopic (exact) mass is 600 g/mol. The molecule has 4 rings (SSSR count). The molecule has 4 amide bonds. The zero-order valence-corrected chi connectivity index (χ0v) is 24.5. The molecule has 1 saturated heterocycles. The molecular formula is C31H38F2N4O6. The summed E-state index contributed by atoms with van der Waals surface area (Å²) < 4.78 is 33.3. The van der Waals surface area contributed by atoms with Gasteiger partial charge in [-0.05, 0) is 66.5 Å². The van der Waals surface area contributed by atoms with E-state index >= 15 is 0 Å². The quantitative estimate of drug-likeness (QED) is 0.374. The Morgan fingerprint density at radius 1 is 1.00 bits per heavy atom. The lowest BCUT2D eigenvalue weighted by Crippen LogP contribution is -2.55. The first-order chi connectivity index (χ1) is 20.4. The molecule has 12 heteroatoms. The first kappa shape index (κ1) is 31.7. The van der Waals surface area contributed by atoms with Gasteiger partial charge in [0.2, 0.25) is 0 Å². The molecule has 5 unspecified atom stereocenters. The number of nitrogens with one attached hydrogen (secondary N) is 2. The van der Waals surface area contributed by atoms with Crippen LogP contribution in [0.2, 0.25) is 0 Å². The molecular weight excluding hydrogens is 562 g/mol. The number of hydrogen-bond acceptors (Lipinski definition) is 5. The minimum atomic E-state index is -1.49. The molecule has 1 heterocycles. The van der Waals surface area contributed by atoms with Gasteiger partial charge in [0.15, 0.2) is 6.17 Å². The number of nitrogens with zero attached hydrogens (tertiary/aromatic N) is 2. The fraction of sp³-hybridized carbons (Fsp3) is 0.484. The van der Waals surface area contributed by atoms with E-state index in [1.807, 2.05) is 0 Å². The van der Waals surface area contributed by atoms with E-state index in [2.05, 4.69) is 31.4 Å². The molecule has 43 heavy (non-hydrogen) atoms. The molecule has 232 valence electrons. The average Bonchev–Trinajstić information content (AvgIpc) is 3.39. The van der Waals surface area contributed by atoms with Crippen molar-refractivity contribution in [2.24, 2.45) is 17.8 Å². The predicted octanol–water partition coefficient (Wildman–Crippen LogP) is 5.37. The van der Waals surface area contributed by atoms with Crippen LogP contribution >= 0.6 is 0 Å². The van der Waals surface area contributed by atoms with Crippen LogP contribution < -0.4 is 10.6 Å². The van der Waals surface area contributed by atoms with E-state index in [1.54, 1.807) is 0 Å². The van der Waals surface area contributed by atoms with E-state index in [0.717, 1.165) is 40.8 Å². The van der Waals surface area contributed by atoms with Gasteiger partial charge in [0, 0.05) is 18.8 Å². The first-order valence-corrected chi connectivity index (χ1v) is 14.5. The zero-order chi connectivity index (χ0) is 31.3. The highest BCUT2D eigenvalue weighted by Gasteiger charge is 2.45. The van der Waals surface area contributed by atoms with Crippen molar-refractivity contribution in [3.05, 3.63) is 65.7 Å². The van der Waals surface area contributed by atoms with Crippen LogP contribution in [0.5, 0.6) is 0 Å². The van der Waals surface area contributed by atoms with Crippen molar-refractivity contribution in [3.8, 4) is 0 Å². The number of benzene rings is 2. The number of anilines is 1. The van der Waals surface area contributed by atoms with Crippen molar-refractivity contribution in [1.82, 2.24) is 15.1 Å². The van der Waals surface area contributed by atoms with Crippen molar-refractivity contribution >= 4 is 29.7 Å². The van der Waals surface area contributed by atoms with Gasteiger partial charge in [0.05, 0.1) is 12.5 Å². The molecule has 1 aliphatic heterocycles. The lowest BCUT2D eigenvalue weighted by Gasteiger charge is -2.38. The van der Waals surface area contributed by atoms with Gasteiger partial charge in [0.1, 0.15) is 17.7 Å². The molecule has 0 spiro atoms. The van der Waals surface area contributed by atoms with Crippen LogP contribution in [0.25, 0.3) is 0 Å². The standard InChI is InChI=1S/C31H38F2N4O6/c1-18(2)24-12-7-19(3)15-26(24)43-31(42)37-14-13-36(30(41)34-23-6-4-5-22(33)16-23)29(37)28(40)35-25(17-27(38)39)20-8-10-21(32)11-9-20/h4-6,8-11,16,18-19,24-26,29H,7,12-15,17H2,1-3H3,(H,34,41)(H,35,40)(H,38,39). The maximum Gasteiger partial charge on any atom is 0.412 e. The second kappa shape index (κ2) is 13.8. The number of urea groups is 1. The number of rotatable bonds is 8. The second-order valence-corrected chi connectivity index (χ2v) is 11.7. The van der Waals surface area contributed by atoms with E-state index in [9.17, 15) is 33.1 Å². The molecule has 2 fully saturated rings. The summed E-state index contributed by atoms with van der Waals surface area (Å²) in [5.41, 5.74) is 0.479. The van der Waals surface area contributed by atoms with Gasteiger partial charge >= 0.3 is 18.1 Å². The fourth-order valence-corrected chi connectivity index (χ4v) is 5.89. The Morgan fingerprint density at radius 3 is 2.35 bits per heavy atom. The molecule has 3 N–H and O–H groups in total. The lowest BCUT2D eigenvalue weighted by molar-refractivity contribution is -0.138. The summed E-state index contributed by atoms with van der Waals surface area (Å²) in [5.74, 6) is -2.39. The highest BCUT2D eigenvalue weighted by molar-refractivity contribution is 5.95. The molecule has 2 aromatic carbocycles. The number of halogens is 2. The Hall–Kier alpha value is -4.22. The number of aliphatic carboxylic acids is 1. The van der Waals surface area contributed by atoms with Gasteiger partial charge in [-0.15, -0.1) is 0 Å². The summed E-state index contributed by atoms with van der Waals surface area (Å²) in [6, 6.07) is 8.38. The molecule has 2 aliphatic rings. The minimum Gasteiger partial charge on any atom is -0.481 e. The van der Waals surface area contributed by atoms with Crippen LogP contribution in [0.3, 0.4) is 0 Å². The molecule has 5 atom stereocenters. The number of carboxylic acids is 1. The van der Waals surface area contributed by atoms with Crippen molar-refractivity contribution in [3.63, 3.8) is 0 Å². The molecule has 0 radical (unpaired) electrons. The number of carbonyl (C=O) groups is 4. The van der Waals surface area contributed by atoms with Gasteiger partial charge in [-0.3, -0.25) is 19.4 Å². The van der Waals surface area contributed by atoms with Crippen molar-refractivity contribution in [1.29, 1.82) is 0 Å². The summed E-state index contributed by atoms with van der Waals surface area (Å²) in [6.45, 7) is 6.18. The van der Waals surface area contributed by atoms with Crippen molar-refractivity contribution < 1.29 is 37.8 Å². The predicted molar refractivity (Wildman–Crippen MR) is 154 cm³/mol. The molecule has 0 bridgehead atoms. The Balaban J connectivity index is 1.60. The maximum atomic E-state index is 13.8. The number of carboxylic acid groups (broad SMARTS) is 1. The van der Waals surface area contributed by atoms with Crippen molar-refractivity contribution in [2.75, 3.05) is 18.4 Å². The SMILES string of the molecule is CC1CCC(C(C)C)C(OC(=O)N2CCN(C(=O)Nc3cccc(F)c3)C2C(=O)NC(CC(=O)O)c2ccc(F)cc2)C1. The highest BCUT2D eigenvalue weighted by atomic mass is 19.1. The summed E-state index contributed by atoms with van der Waals surface area (Å²) >= 11 is 0. The summed E-state index contributed by atoms with van der Waals surface area (Å²) in [5, 5.41) is 14.7. The number of ether oxygens (including phenoxy) is 1. The van der Waals surface area contributed by atoms with E-state index in [0.29, 0.717) is 17.9 Å². The smallest absolute Gasteiger partial charge is 0.412 e. The Labute approximate surface area is 249 Å². The topological polar surface area (TPSA) is 128 Å². The molecule has 10 nitrogen and oxygen atoms in total. The molecule has 1 aliphatic carbocycles. The lowest BCUT2D eigenvalue weighted by atomic mass is 9.75. The Bertz CT molecular complexity index is 1320. The van der Waals surface area contributed by atoms with Crippen LogP contribution in [0, 0.1) is 29.4 Å². The van der Waals surface area contributed by atoms with E-state index in [1.165, 1.54) is 30.3 Å². The maximum absolute atomic E-state index is 13.8. The van der Waals surface area contributed by atoms with Crippen LogP contribution in [0.15, 0.2) is 48.5 Å². The number of carbonyl (C=O) groups excluding carboxylic acids is 3. The molecule has 0 aromatic heterocycles. The second-order valence-electron chi connectivity index (χ2n) is 11.7. The highest BCUT2D eigenvalue weighted by Crippen LogP contribution is 2.36. The van der Waals surface area contributed by atoms with Gasteiger partial charge in [-0.25, -0.2) is 18.4 Å². The summed E-state index contributed by atoms with van der Waals surface area (Å²) in [4.78, 5) is 54.7. The van der Waals surface area contributed by atoms with E-state index in [4.69, 9.17) is 4.74 Å². The van der Waals surface area contributed by atoms with Crippen LogP contribution in [-0.2, 0) is 14.3 Å². The van der Waals surface area contributed by atoms with Gasteiger partial charge < -0.3 is 20.5 Å². The minimum absolute atomic E-state index is 0.0255. The number of hydrogen-bond donors (Lipinski definition) is 3. The van der Waals surface area contributed by atoms with Gasteiger partial charge in [0.25, 0.3) is 5.91 Å². The zero-order valence-electron chi connectivity index (χ0n) is 24.5.